The van der Waals surface area contributed by atoms with Gasteiger partial charge in [-0.3, -0.25) is 9.10 Å². The molecule has 12 heteroatoms. The number of nitrogens with one attached hydrogen (secondary N) is 1. The summed E-state index contributed by atoms with van der Waals surface area (Å²) in [5.41, 5.74) is 0.914. The second-order valence-corrected chi connectivity index (χ2v) is 11.7. The van der Waals surface area contributed by atoms with Crippen molar-refractivity contribution in [2.75, 3.05) is 49.2 Å². The maximum Gasteiger partial charge on any atom is 0.265 e. The number of carbonyl (C=O) groups excluding carboxylic acids is 1. The van der Waals surface area contributed by atoms with Crippen LogP contribution in [0.5, 0.6) is 5.75 Å². The van der Waals surface area contributed by atoms with Gasteiger partial charge >= 0.3 is 0 Å². The molecule has 0 unspecified atom stereocenters. The minimum atomic E-state index is -3.61. The van der Waals surface area contributed by atoms with E-state index in [1.165, 1.54) is 35.6 Å². The molecule has 1 aliphatic heterocycles. The lowest BCUT2D eigenvalue weighted by Gasteiger charge is -2.26. The summed E-state index contributed by atoms with van der Waals surface area (Å²) < 4.78 is 62.3. The molecule has 2 aromatic rings. The maximum atomic E-state index is 12.7. The Hall–Kier alpha value is -2.67. The van der Waals surface area contributed by atoms with Crippen molar-refractivity contribution in [2.45, 2.75) is 24.3 Å². The summed E-state index contributed by atoms with van der Waals surface area (Å²) in [7, 11) is -5.54. The van der Waals surface area contributed by atoms with Gasteiger partial charge in [0.1, 0.15) is 5.75 Å². The number of hydrogen-bond donors (Lipinski definition) is 1. The van der Waals surface area contributed by atoms with Gasteiger partial charge in [0.05, 0.1) is 30.1 Å². The van der Waals surface area contributed by atoms with Gasteiger partial charge in [-0.2, -0.15) is 4.31 Å². The molecule has 0 aromatic heterocycles. The van der Waals surface area contributed by atoms with Crippen molar-refractivity contribution in [2.24, 2.45) is 0 Å². The molecule has 0 radical (unpaired) electrons. The van der Waals surface area contributed by atoms with Gasteiger partial charge in [-0.25, -0.2) is 16.8 Å². The first-order valence-corrected chi connectivity index (χ1v) is 14.0. The van der Waals surface area contributed by atoms with Crippen molar-refractivity contribution >= 4 is 37.3 Å². The monoisotopic (exact) mass is 511 g/mol. The molecule has 2 aromatic carbocycles. The first-order valence-electron chi connectivity index (χ1n) is 10.7. The van der Waals surface area contributed by atoms with E-state index in [1.54, 1.807) is 31.2 Å². The average molecular weight is 512 g/mol. The van der Waals surface area contributed by atoms with E-state index in [-0.39, 0.29) is 10.8 Å². The Kier molecular flexibility index (Phi) is 8.18. The van der Waals surface area contributed by atoms with Gasteiger partial charge in [-0.1, -0.05) is 6.92 Å². The van der Waals surface area contributed by atoms with Gasteiger partial charge < -0.3 is 14.8 Å². The zero-order valence-corrected chi connectivity index (χ0v) is 20.9. The van der Waals surface area contributed by atoms with E-state index in [4.69, 9.17) is 9.47 Å². The van der Waals surface area contributed by atoms with Crippen LogP contribution in [0.2, 0.25) is 0 Å². The molecule has 1 atom stereocenters. The Balaban J connectivity index is 1.63. The van der Waals surface area contributed by atoms with Crippen LogP contribution in [0, 0.1) is 0 Å². The summed E-state index contributed by atoms with van der Waals surface area (Å²) in [4.78, 5) is 12.9. The van der Waals surface area contributed by atoms with E-state index < -0.39 is 26.2 Å². The summed E-state index contributed by atoms with van der Waals surface area (Å²) >= 11 is 0. The van der Waals surface area contributed by atoms with Crippen LogP contribution in [0.25, 0.3) is 0 Å². The molecule has 10 nitrogen and oxygen atoms in total. The molecule has 0 bridgehead atoms. The molecular weight excluding hydrogens is 482 g/mol. The highest BCUT2D eigenvalue weighted by Crippen LogP contribution is 2.23. The third-order valence-electron chi connectivity index (χ3n) is 5.37. The van der Waals surface area contributed by atoms with Gasteiger partial charge in [0.15, 0.2) is 6.10 Å². The van der Waals surface area contributed by atoms with Crippen LogP contribution >= 0.6 is 0 Å². The summed E-state index contributed by atoms with van der Waals surface area (Å²) in [6, 6.07) is 12.4. The quantitative estimate of drug-likeness (QED) is 0.546. The molecule has 1 heterocycles. The Bertz CT molecular complexity index is 1190. The van der Waals surface area contributed by atoms with Gasteiger partial charge in [-0.15, -0.1) is 0 Å². The SMILES string of the molecule is CC[C@H](Oc1ccc(N(C)S(C)(=O)=O)cc1)C(=O)Nc1ccc(S(=O)(=O)N2CCOCC2)cc1. The standard InChI is InChI=1S/C22H29N3O7S2/c1-4-21(32-19-9-7-18(8-10-19)24(2)33(3,27)28)22(26)23-17-5-11-20(12-6-17)34(29,30)25-13-15-31-16-14-25/h5-12,21H,4,13-16H2,1-3H3,(H,23,26)/t21-/m0/s1. The number of rotatable bonds is 9. The number of carbonyl (C=O) groups is 1. The number of benzene rings is 2. The average Bonchev–Trinajstić information content (AvgIpc) is 2.82. The zero-order chi connectivity index (χ0) is 24.9. The predicted molar refractivity (Wildman–Crippen MR) is 129 cm³/mol. The lowest BCUT2D eigenvalue weighted by Crippen LogP contribution is -2.40. The lowest BCUT2D eigenvalue weighted by molar-refractivity contribution is -0.122. The number of morpholine rings is 1. The zero-order valence-electron chi connectivity index (χ0n) is 19.3. The van der Waals surface area contributed by atoms with E-state index in [9.17, 15) is 21.6 Å². The van der Waals surface area contributed by atoms with Crippen LogP contribution in [0.4, 0.5) is 11.4 Å². The fourth-order valence-electron chi connectivity index (χ4n) is 3.28. The highest BCUT2D eigenvalue weighted by molar-refractivity contribution is 7.92. The molecule has 186 valence electrons. The minimum Gasteiger partial charge on any atom is -0.481 e. The number of ether oxygens (including phenoxy) is 2. The highest BCUT2D eigenvalue weighted by Gasteiger charge is 2.26. The number of sulfonamides is 2. The number of nitrogens with zero attached hydrogens (tertiary/aromatic N) is 2. The summed E-state index contributed by atoms with van der Waals surface area (Å²) in [6.07, 6.45) is 0.704. The first kappa shape index (κ1) is 25.9. The fourth-order valence-corrected chi connectivity index (χ4v) is 5.19. The lowest BCUT2D eigenvalue weighted by atomic mass is 10.2. The third kappa shape index (κ3) is 6.26. The van der Waals surface area contributed by atoms with Crippen LogP contribution in [-0.4, -0.2) is 72.8 Å². The summed E-state index contributed by atoms with van der Waals surface area (Å²) in [5.74, 6) is 0.0308. The molecule has 0 spiro atoms. The van der Waals surface area contributed by atoms with Crippen molar-refractivity contribution in [1.82, 2.24) is 4.31 Å². The molecule has 1 fully saturated rings. The van der Waals surface area contributed by atoms with Gasteiger partial charge in [0.25, 0.3) is 5.91 Å². The maximum absolute atomic E-state index is 12.7. The van der Waals surface area contributed by atoms with Crippen molar-refractivity contribution in [3.05, 3.63) is 48.5 Å². The molecule has 1 aliphatic rings. The predicted octanol–water partition coefficient (Wildman–Crippen LogP) is 1.90. The molecule has 1 saturated heterocycles. The molecule has 1 amide bonds. The molecule has 0 saturated carbocycles. The highest BCUT2D eigenvalue weighted by atomic mass is 32.2. The smallest absolute Gasteiger partial charge is 0.265 e. The largest absolute Gasteiger partial charge is 0.481 e. The second-order valence-electron chi connectivity index (χ2n) is 7.77. The normalized spacial score (nSPS) is 16.0. The molecule has 34 heavy (non-hydrogen) atoms. The number of hydrogen-bond acceptors (Lipinski definition) is 7. The Morgan fingerprint density at radius 1 is 1.06 bits per heavy atom. The number of amides is 1. The van der Waals surface area contributed by atoms with E-state index in [2.05, 4.69) is 5.32 Å². The van der Waals surface area contributed by atoms with Crippen LogP contribution < -0.4 is 14.4 Å². The summed E-state index contributed by atoms with van der Waals surface area (Å²) in [5, 5.41) is 2.74. The van der Waals surface area contributed by atoms with Crippen molar-refractivity contribution < 1.29 is 31.1 Å². The van der Waals surface area contributed by atoms with Crippen molar-refractivity contribution in [3.8, 4) is 5.75 Å². The Morgan fingerprint density at radius 2 is 1.65 bits per heavy atom. The van der Waals surface area contributed by atoms with Gasteiger partial charge in [0, 0.05) is 25.8 Å². The molecule has 1 N–H and O–H groups in total. The third-order valence-corrected chi connectivity index (χ3v) is 8.49. The van der Waals surface area contributed by atoms with E-state index in [1.807, 2.05) is 0 Å². The van der Waals surface area contributed by atoms with E-state index in [0.717, 1.165) is 10.6 Å². The van der Waals surface area contributed by atoms with Gasteiger partial charge in [-0.05, 0) is 55.0 Å². The van der Waals surface area contributed by atoms with Crippen LogP contribution in [0.15, 0.2) is 53.4 Å². The van der Waals surface area contributed by atoms with Crippen molar-refractivity contribution in [3.63, 3.8) is 0 Å². The molecule has 0 aliphatic carbocycles. The molecular formula is C22H29N3O7S2. The minimum absolute atomic E-state index is 0.148. The second kappa shape index (κ2) is 10.7. The van der Waals surface area contributed by atoms with Gasteiger partial charge in [0.2, 0.25) is 20.0 Å². The van der Waals surface area contributed by atoms with E-state index >= 15 is 0 Å². The number of anilines is 2. The van der Waals surface area contributed by atoms with Crippen molar-refractivity contribution in [1.29, 1.82) is 0 Å². The Morgan fingerprint density at radius 3 is 2.18 bits per heavy atom. The first-order chi connectivity index (χ1) is 16.0. The summed E-state index contributed by atoms with van der Waals surface area (Å²) in [6.45, 7) is 3.14. The Labute approximate surface area is 200 Å². The van der Waals surface area contributed by atoms with Crippen LogP contribution in [-0.2, 0) is 29.6 Å². The molecule has 3 rings (SSSR count). The fraction of sp³-hybridized carbons (Fsp3) is 0.409. The topological polar surface area (TPSA) is 122 Å². The van der Waals surface area contributed by atoms with Crippen LogP contribution in [0.1, 0.15) is 13.3 Å². The van der Waals surface area contributed by atoms with Crippen LogP contribution in [0.3, 0.4) is 0 Å². The van der Waals surface area contributed by atoms with E-state index in [0.29, 0.717) is 49.8 Å².